The molecule has 0 aliphatic heterocycles. The van der Waals surface area contributed by atoms with Crippen molar-refractivity contribution < 1.29 is 23.6 Å². The van der Waals surface area contributed by atoms with Gasteiger partial charge in [0, 0.05) is 29.2 Å². The Morgan fingerprint density at radius 2 is 1.69 bits per heavy atom. The lowest BCUT2D eigenvalue weighted by Gasteiger charge is -2.12. The number of halogens is 1. The Hall–Kier alpha value is -3.59. The molecule has 2 N–H and O–H groups in total. The van der Waals surface area contributed by atoms with Crippen molar-refractivity contribution in [3.63, 3.8) is 0 Å². The van der Waals surface area contributed by atoms with E-state index in [1.165, 1.54) is 0 Å². The molecule has 10 heteroatoms. The van der Waals surface area contributed by atoms with Gasteiger partial charge in [0.05, 0.1) is 13.2 Å². The zero-order chi connectivity index (χ0) is 22.9. The van der Waals surface area contributed by atoms with E-state index in [1.54, 1.807) is 42.5 Å². The molecule has 3 rings (SSSR count). The van der Waals surface area contributed by atoms with Crippen LogP contribution in [0.2, 0.25) is 5.02 Å². The molecule has 32 heavy (non-hydrogen) atoms. The third-order valence-electron chi connectivity index (χ3n) is 4.20. The summed E-state index contributed by atoms with van der Waals surface area (Å²) < 4.78 is 16.0. The van der Waals surface area contributed by atoms with Gasteiger partial charge in [-0.25, -0.2) is 0 Å². The Morgan fingerprint density at radius 1 is 0.969 bits per heavy atom. The van der Waals surface area contributed by atoms with Crippen LogP contribution in [0.4, 0.5) is 0 Å². The first kappa shape index (κ1) is 23.1. The first-order valence-corrected chi connectivity index (χ1v) is 10.4. The molecule has 2 aromatic carbocycles. The fourth-order valence-corrected chi connectivity index (χ4v) is 2.97. The van der Waals surface area contributed by atoms with Gasteiger partial charge >= 0.3 is 11.8 Å². The molecule has 3 aromatic rings. The highest BCUT2D eigenvalue weighted by molar-refractivity contribution is 6.30. The topological polar surface area (TPSA) is 116 Å². The van der Waals surface area contributed by atoms with Crippen molar-refractivity contribution >= 4 is 23.4 Å². The number of nitrogens with zero attached hydrogens (tertiary/aromatic N) is 2. The second-order valence-corrected chi connectivity index (χ2v) is 6.91. The molecule has 0 aliphatic carbocycles. The van der Waals surface area contributed by atoms with Gasteiger partial charge in [-0.1, -0.05) is 28.9 Å². The number of aromatic nitrogens is 2. The SMILES string of the molecule is CCOc1ccc(C(=O)NCCNC(=O)c2nc(-c3cccc(Cl)c3)no2)cc1OCC. The summed E-state index contributed by atoms with van der Waals surface area (Å²) in [5.74, 6) is 0.312. The van der Waals surface area contributed by atoms with Crippen molar-refractivity contribution in [2.45, 2.75) is 13.8 Å². The number of carbonyl (C=O) groups excluding carboxylic acids is 2. The molecule has 0 unspecified atom stereocenters. The molecule has 0 bridgehead atoms. The Kier molecular flexibility index (Phi) is 8.04. The second kappa shape index (κ2) is 11.1. The Balaban J connectivity index is 1.50. The summed E-state index contributed by atoms with van der Waals surface area (Å²) in [4.78, 5) is 28.7. The molecule has 0 atom stereocenters. The van der Waals surface area contributed by atoms with Gasteiger partial charge in [-0.05, 0) is 44.2 Å². The first-order valence-electron chi connectivity index (χ1n) is 10.1. The van der Waals surface area contributed by atoms with Gasteiger partial charge in [-0.2, -0.15) is 4.98 Å². The molecule has 2 amide bonds. The number of ether oxygens (including phenoxy) is 2. The van der Waals surface area contributed by atoms with Crippen LogP contribution in [0.5, 0.6) is 11.5 Å². The van der Waals surface area contributed by atoms with Gasteiger partial charge in [0.1, 0.15) is 0 Å². The molecule has 1 heterocycles. The quantitative estimate of drug-likeness (QED) is 0.447. The van der Waals surface area contributed by atoms with E-state index in [0.717, 1.165) is 0 Å². The smallest absolute Gasteiger partial charge is 0.316 e. The van der Waals surface area contributed by atoms with Crippen LogP contribution in [0, 0.1) is 0 Å². The summed E-state index contributed by atoms with van der Waals surface area (Å²) in [6, 6.07) is 11.9. The molecule has 0 spiro atoms. The van der Waals surface area contributed by atoms with Crippen LogP contribution in [0.1, 0.15) is 34.9 Å². The van der Waals surface area contributed by atoms with Crippen LogP contribution in [-0.4, -0.2) is 48.3 Å². The molecular weight excluding hydrogens is 436 g/mol. The minimum absolute atomic E-state index is 0.175. The van der Waals surface area contributed by atoms with E-state index in [4.69, 9.17) is 25.6 Å². The molecular formula is C22H23ClN4O5. The summed E-state index contributed by atoms with van der Waals surface area (Å²) >= 11 is 5.95. The molecule has 0 aliphatic rings. The van der Waals surface area contributed by atoms with E-state index in [2.05, 4.69) is 20.8 Å². The van der Waals surface area contributed by atoms with Crippen LogP contribution in [-0.2, 0) is 0 Å². The lowest BCUT2D eigenvalue weighted by Crippen LogP contribution is -2.34. The highest BCUT2D eigenvalue weighted by Gasteiger charge is 2.16. The molecule has 0 radical (unpaired) electrons. The summed E-state index contributed by atoms with van der Waals surface area (Å²) in [6.45, 7) is 5.05. The van der Waals surface area contributed by atoms with Crippen molar-refractivity contribution in [2.24, 2.45) is 0 Å². The van der Waals surface area contributed by atoms with Crippen LogP contribution in [0.25, 0.3) is 11.4 Å². The Labute approximate surface area is 190 Å². The van der Waals surface area contributed by atoms with E-state index in [1.807, 2.05) is 13.8 Å². The van der Waals surface area contributed by atoms with Crippen molar-refractivity contribution in [1.29, 1.82) is 0 Å². The zero-order valence-electron chi connectivity index (χ0n) is 17.7. The van der Waals surface area contributed by atoms with Gasteiger partial charge < -0.3 is 24.6 Å². The number of hydrogen-bond acceptors (Lipinski definition) is 7. The maximum absolute atomic E-state index is 12.4. The number of benzene rings is 2. The third-order valence-corrected chi connectivity index (χ3v) is 4.44. The molecule has 1 aromatic heterocycles. The maximum atomic E-state index is 12.4. The largest absolute Gasteiger partial charge is 0.490 e. The molecule has 168 valence electrons. The van der Waals surface area contributed by atoms with Gasteiger partial charge in [0.25, 0.3) is 5.91 Å². The summed E-state index contributed by atoms with van der Waals surface area (Å²) in [6.07, 6.45) is 0. The summed E-state index contributed by atoms with van der Waals surface area (Å²) in [7, 11) is 0. The molecule has 0 saturated carbocycles. The standard InChI is InChI=1S/C22H23ClN4O5/c1-3-30-17-9-8-15(13-18(17)31-4-2)20(28)24-10-11-25-21(29)22-26-19(27-32-22)14-6-5-7-16(23)12-14/h5-9,12-13H,3-4,10-11H2,1-2H3,(H,24,28)(H,25,29). The Bertz CT molecular complexity index is 1090. The van der Waals surface area contributed by atoms with Gasteiger partial charge in [-0.3, -0.25) is 9.59 Å². The van der Waals surface area contributed by atoms with E-state index in [0.29, 0.717) is 40.9 Å². The predicted molar refractivity (Wildman–Crippen MR) is 118 cm³/mol. The van der Waals surface area contributed by atoms with Crippen molar-refractivity contribution in [1.82, 2.24) is 20.8 Å². The van der Waals surface area contributed by atoms with Crippen LogP contribution >= 0.6 is 11.6 Å². The summed E-state index contributed by atoms with van der Waals surface area (Å²) in [5, 5.41) is 9.67. The van der Waals surface area contributed by atoms with Gasteiger partial charge in [0.15, 0.2) is 11.5 Å². The van der Waals surface area contributed by atoms with Crippen LogP contribution < -0.4 is 20.1 Å². The highest BCUT2D eigenvalue weighted by atomic mass is 35.5. The zero-order valence-corrected chi connectivity index (χ0v) is 18.4. The van der Waals surface area contributed by atoms with E-state index < -0.39 is 5.91 Å². The lowest BCUT2D eigenvalue weighted by molar-refractivity contribution is 0.0898. The van der Waals surface area contributed by atoms with Gasteiger partial charge in [0.2, 0.25) is 5.82 Å². The molecule has 0 saturated heterocycles. The number of rotatable bonds is 10. The van der Waals surface area contributed by atoms with E-state index in [-0.39, 0.29) is 30.7 Å². The number of hydrogen-bond donors (Lipinski definition) is 2. The fraction of sp³-hybridized carbons (Fsp3) is 0.273. The molecule has 9 nitrogen and oxygen atoms in total. The third kappa shape index (κ3) is 5.98. The van der Waals surface area contributed by atoms with Crippen molar-refractivity contribution in [3.8, 4) is 22.9 Å². The number of nitrogens with one attached hydrogen (secondary N) is 2. The second-order valence-electron chi connectivity index (χ2n) is 6.47. The minimum atomic E-state index is -0.542. The molecule has 0 fully saturated rings. The average Bonchev–Trinajstić information content (AvgIpc) is 3.28. The van der Waals surface area contributed by atoms with Crippen LogP contribution in [0.15, 0.2) is 47.0 Å². The maximum Gasteiger partial charge on any atom is 0.316 e. The predicted octanol–water partition coefficient (Wildman–Crippen LogP) is 3.35. The van der Waals surface area contributed by atoms with Crippen LogP contribution in [0.3, 0.4) is 0 Å². The minimum Gasteiger partial charge on any atom is -0.490 e. The van der Waals surface area contributed by atoms with Crippen molar-refractivity contribution in [3.05, 3.63) is 58.9 Å². The number of amides is 2. The number of carbonyl (C=O) groups is 2. The van der Waals surface area contributed by atoms with Gasteiger partial charge in [-0.15, -0.1) is 0 Å². The van der Waals surface area contributed by atoms with Crippen molar-refractivity contribution in [2.75, 3.05) is 26.3 Å². The van der Waals surface area contributed by atoms with E-state index in [9.17, 15) is 9.59 Å². The normalized spacial score (nSPS) is 10.5. The Morgan fingerprint density at radius 3 is 2.41 bits per heavy atom. The lowest BCUT2D eigenvalue weighted by atomic mass is 10.2. The van der Waals surface area contributed by atoms with E-state index >= 15 is 0 Å². The monoisotopic (exact) mass is 458 g/mol. The average molecular weight is 459 g/mol. The highest BCUT2D eigenvalue weighted by Crippen LogP contribution is 2.28. The first-order chi connectivity index (χ1) is 15.5. The fourth-order valence-electron chi connectivity index (χ4n) is 2.78. The summed E-state index contributed by atoms with van der Waals surface area (Å²) in [5.41, 5.74) is 1.06.